The number of anilines is 2. The number of nitrogens with one attached hydrogen (secondary N) is 3. The Hall–Kier alpha value is -10.1. The number of aliphatic hydroxyl groups is 3. The number of aromatic nitrogens is 7. The van der Waals surface area contributed by atoms with Gasteiger partial charge in [0.25, 0.3) is 17.7 Å². The predicted octanol–water partition coefficient (Wildman–Crippen LogP) is 15.3. The third-order valence-electron chi connectivity index (χ3n) is 14.6. The number of hydrogen-bond acceptors (Lipinski definition) is 14. The molecule has 0 saturated carbocycles. The maximum Gasteiger partial charge on any atom is 0.252 e. The van der Waals surface area contributed by atoms with E-state index in [0.29, 0.717) is 23.7 Å². The highest BCUT2D eigenvalue weighted by Crippen LogP contribution is 2.40. The van der Waals surface area contributed by atoms with E-state index in [0.717, 1.165) is 60.4 Å². The third-order valence-corrected chi connectivity index (χ3v) is 15.3. The lowest BCUT2D eigenvalue weighted by Gasteiger charge is -2.20. The SMILES string of the molecule is C.C.C.CC(C)(O)CN.CC(C)(O)CNc1cc(-n2c3ccccc3c3c(-c4cnc5ccccc5c4)cccc32)ncc1C(N)=O.CC(C)(O)CNc1cc(Cl)ncc1C(N)=O.NC(=O)c1cnc(Cl)cc1Cl.c1ccc2ncc(-c3cccc4[nH]c5ccccc5c34)cc2c1. The molecule has 0 spiro atoms. The number of amides is 3. The van der Waals surface area contributed by atoms with E-state index in [-0.39, 0.29) is 67.4 Å². The molecule has 7 heterocycles. The lowest BCUT2D eigenvalue weighted by atomic mass is 9.99. The van der Waals surface area contributed by atoms with Crippen LogP contribution in [0.5, 0.6) is 0 Å². The van der Waals surface area contributed by atoms with Crippen LogP contribution >= 0.6 is 34.8 Å². The molecule has 0 aliphatic rings. The van der Waals surface area contributed by atoms with E-state index < -0.39 is 34.5 Å². The number of primary amides is 3. The lowest BCUT2D eigenvalue weighted by Crippen LogP contribution is -2.30. The van der Waals surface area contributed by atoms with Crippen LogP contribution < -0.4 is 33.6 Å². The molecular weight excluding hydrogens is 1290 g/mol. The Bertz CT molecular complexity index is 4920. The van der Waals surface area contributed by atoms with Crippen LogP contribution in [0.25, 0.3) is 93.5 Å². The molecule has 0 unspecified atom stereocenters. The zero-order valence-corrected chi connectivity index (χ0v) is 54.6. The zero-order valence-electron chi connectivity index (χ0n) is 52.3. The van der Waals surface area contributed by atoms with Gasteiger partial charge in [-0.2, -0.15) is 0 Å². The Morgan fingerprint density at radius 3 is 1.43 bits per heavy atom. The number of hydrogen-bond donors (Lipinski definition) is 10. The number of benzene rings is 6. The summed E-state index contributed by atoms with van der Waals surface area (Å²) in [4.78, 5) is 58.7. The molecule has 13 rings (SSSR count). The van der Waals surface area contributed by atoms with Crippen LogP contribution in [0.1, 0.15) is 94.9 Å². The Morgan fingerprint density at radius 2 is 0.907 bits per heavy atom. The lowest BCUT2D eigenvalue weighted by molar-refractivity contribution is 0.0896. The number of halogens is 3. The number of nitrogens with two attached hydrogens (primary N) is 4. The first-order valence-electron chi connectivity index (χ1n) is 29.6. The number of nitrogens with zero attached hydrogens (tertiary/aromatic N) is 6. The standard InChI is InChI=1S/C31H27N5O2.C21H14N2.C10H14ClN3O2.C6H4Cl2N2O.C4H11NO.3CH4/c1-31(2,38)18-35-25-15-28(34-17-23(25)30(32)37)36-26-12-6-4-9-22(26)29-21(10-7-13-27(29)36)20-14-19-8-3-5-11-24(19)33-16-20;1-3-9-18-14(6-1)12-15(13-22-18)16-8-5-11-20-21(16)17-7-2-4-10-19(17)23-20;1-10(2,16)5-14-7-3-8(11)13-4-6(7)9(12)15;7-4-1-5(8)10-2-3(4)6(9)11;1-4(2,6)3-5;;;/h3-17,38H,18H2,1-2H3,(H2,32,37)(H,34,35);1-13,23H;3-4,16H,5H2,1-2H3,(H2,12,15)(H,13,14);1-2H,(H2,9,11);6H,3,5H2,1-2H3;3*1H4. The third kappa shape index (κ3) is 19.1. The molecule has 0 aliphatic carbocycles. The number of carbonyl (C=O) groups excluding carboxylic acids is 3. The van der Waals surface area contributed by atoms with Crippen LogP contribution in [-0.2, 0) is 0 Å². The van der Waals surface area contributed by atoms with Gasteiger partial charge in [-0.1, -0.05) is 154 Å². The Labute approximate surface area is 578 Å². The van der Waals surface area contributed by atoms with Crippen molar-refractivity contribution in [3.8, 4) is 28.1 Å². The van der Waals surface area contributed by atoms with Crippen molar-refractivity contribution in [1.29, 1.82) is 0 Å². The normalized spacial score (nSPS) is 11.1. The van der Waals surface area contributed by atoms with Gasteiger partial charge in [-0.15, -0.1) is 0 Å². The maximum atomic E-state index is 12.1. The van der Waals surface area contributed by atoms with E-state index in [1.165, 1.54) is 58.0 Å². The monoisotopic (exact) mass is 1370 g/mol. The maximum absolute atomic E-state index is 12.1. The Morgan fingerprint density at radius 1 is 0.474 bits per heavy atom. The molecule has 0 radical (unpaired) electrons. The number of H-pyrrole nitrogens is 1. The molecule has 504 valence electrons. The summed E-state index contributed by atoms with van der Waals surface area (Å²) in [5.74, 6) is -1.16. The molecule has 22 heteroatoms. The van der Waals surface area contributed by atoms with Gasteiger partial charge in [0.1, 0.15) is 16.1 Å². The Kier molecular flexibility index (Phi) is 25.5. The molecule has 0 saturated heterocycles. The molecule has 97 heavy (non-hydrogen) atoms. The van der Waals surface area contributed by atoms with Crippen molar-refractivity contribution >= 4 is 129 Å². The average Bonchev–Trinajstić information content (AvgIpc) is 1.59. The molecule has 0 fully saturated rings. The van der Waals surface area contributed by atoms with Crippen molar-refractivity contribution in [3.05, 3.63) is 227 Å². The fraction of sp³-hybridized carbons (Fsp3) is 0.200. The van der Waals surface area contributed by atoms with Gasteiger partial charge in [0.2, 0.25) is 0 Å². The number of fused-ring (bicyclic) bond motifs is 8. The number of carbonyl (C=O) groups is 3. The van der Waals surface area contributed by atoms with Gasteiger partial charge < -0.3 is 53.9 Å². The highest BCUT2D eigenvalue weighted by molar-refractivity contribution is 6.36. The minimum atomic E-state index is -0.978. The fourth-order valence-corrected chi connectivity index (χ4v) is 10.6. The predicted molar refractivity (Wildman–Crippen MR) is 400 cm³/mol. The molecule has 7 aromatic heterocycles. The van der Waals surface area contributed by atoms with Crippen LogP contribution in [0.3, 0.4) is 0 Å². The smallest absolute Gasteiger partial charge is 0.252 e. The second-order valence-electron chi connectivity index (χ2n) is 23.9. The minimum absolute atomic E-state index is 0. The van der Waals surface area contributed by atoms with Crippen LogP contribution in [-0.4, -0.2) is 104 Å². The van der Waals surface area contributed by atoms with E-state index in [4.69, 9.17) is 67.8 Å². The van der Waals surface area contributed by atoms with Crippen molar-refractivity contribution in [2.24, 2.45) is 22.9 Å². The average molecular weight is 1370 g/mol. The van der Waals surface area contributed by atoms with Gasteiger partial charge in [-0.3, -0.25) is 28.9 Å². The zero-order chi connectivity index (χ0) is 67.6. The first-order chi connectivity index (χ1) is 44.7. The van der Waals surface area contributed by atoms with Gasteiger partial charge >= 0.3 is 0 Å². The summed E-state index contributed by atoms with van der Waals surface area (Å²) in [6.45, 7) is 10.9. The van der Waals surface area contributed by atoms with Gasteiger partial charge in [0.15, 0.2) is 0 Å². The highest BCUT2D eigenvalue weighted by atomic mass is 35.5. The molecule has 19 nitrogen and oxygen atoms in total. The number of aromatic amines is 1. The molecule has 6 aromatic carbocycles. The molecule has 14 N–H and O–H groups in total. The van der Waals surface area contributed by atoms with Crippen molar-refractivity contribution in [2.45, 2.75) is 80.6 Å². The summed E-state index contributed by atoms with van der Waals surface area (Å²) >= 11 is 16.8. The van der Waals surface area contributed by atoms with Crippen molar-refractivity contribution in [3.63, 3.8) is 0 Å². The second kappa shape index (κ2) is 32.6. The first kappa shape index (κ1) is 75.9. The minimum Gasteiger partial charge on any atom is -0.389 e. The topological polar surface area (TPSA) is 325 Å². The van der Waals surface area contributed by atoms with E-state index in [1.807, 2.05) is 67.0 Å². The van der Waals surface area contributed by atoms with Crippen LogP contribution in [0.2, 0.25) is 15.3 Å². The number of para-hydroxylation sites is 4. The van der Waals surface area contributed by atoms with Crippen molar-refractivity contribution in [2.75, 3.05) is 30.3 Å². The van der Waals surface area contributed by atoms with Crippen LogP contribution in [0.15, 0.2) is 195 Å². The molecule has 3 amide bonds. The van der Waals surface area contributed by atoms with E-state index in [2.05, 4.69) is 137 Å². The summed E-state index contributed by atoms with van der Waals surface area (Å²) in [7, 11) is 0. The summed E-state index contributed by atoms with van der Waals surface area (Å²) < 4.78 is 2.09. The number of rotatable bonds is 13. The molecule has 0 aliphatic heterocycles. The molecule has 13 aromatic rings. The van der Waals surface area contributed by atoms with E-state index >= 15 is 0 Å². The van der Waals surface area contributed by atoms with Gasteiger partial charge in [0, 0.05) is 111 Å². The molecule has 0 bridgehead atoms. The number of pyridine rings is 5. The van der Waals surface area contributed by atoms with Gasteiger partial charge in [-0.25, -0.2) is 15.0 Å². The Balaban J connectivity index is 0.000000215. The van der Waals surface area contributed by atoms with Crippen LogP contribution in [0.4, 0.5) is 11.4 Å². The van der Waals surface area contributed by atoms with Crippen molar-refractivity contribution in [1.82, 2.24) is 34.5 Å². The van der Waals surface area contributed by atoms with Crippen LogP contribution in [0, 0.1) is 0 Å². The fourth-order valence-electron chi connectivity index (χ4n) is 9.98. The largest absolute Gasteiger partial charge is 0.389 e. The molecular formula is C75H82Cl3N13O6. The highest BCUT2D eigenvalue weighted by Gasteiger charge is 2.22. The van der Waals surface area contributed by atoms with E-state index in [1.54, 1.807) is 41.5 Å². The quantitative estimate of drug-likeness (QED) is 0.0480. The summed E-state index contributed by atoms with van der Waals surface area (Å²) in [6, 6.07) is 54.7. The summed E-state index contributed by atoms with van der Waals surface area (Å²) in [6.07, 6.45) is 7.92. The van der Waals surface area contributed by atoms with Crippen molar-refractivity contribution < 1.29 is 29.7 Å². The second-order valence-corrected chi connectivity index (χ2v) is 25.0. The van der Waals surface area contributed by atoms with E-state index in [9.17, 15) is 24.6 Å². The summed E-state index contributed by atoms with van der Waals surface area (Å²) in [5, 5.41) is 42.2. The van der Waals surface area contributed by atoms with Gasteiger partial charge in [-0.05, 0) is 113 Å². The first-order valence-corrected chi connectivity index (χ1v) is 30.7. The molecule has 0 atom stereocenters. The van der Waals surface area contributed by atoms with Gasteiger partial charge in [0.05, 0.1) is 72.0 Å². The summed E-state index contributed by atoms with van der Waals surface area (Å²) in [5.41, 5.74) is 30.7.